The number of anilines is 1. The molecule has 4 heterocycles. The van der Waals surface area contributed by atoms with Crippen LogP contribution in [0.4, 0.5) is 5.69 Å². The predicted octanol–water partition coefficient (Wildman–Crippen LogP) is 2.73. The van der Waals surface area contributed by atoms with E-state index in [1.807, 2.05) is 36.2 Å². The molecule has 3 aliphatic rings. The molecule has 0 radical (unpaired) electrons. The number of hydrogen-bond acceptors (Lipinski definition) is 4. The summed E-state index contributed by atoms with van der Waals surface area (Å²) in [5.41, 5.74) is 5.41. The molecule has 2 bridgehead atoms. The Hall–Kier alpha value is -2.76. The Balaban J connectivity index is 1.38. The average Bonchev–Trinajstić information content (AvgIpc) is 3.23. The van der Waals surface area contributed by atoms with Crippen LogP contribution in [0.2, 0.25) is 0 Å². The average molecular weight is 376 g/mol. The minimum Gasteiger partial charge on any atom is -0.332 e. The molecule has 2 saturated heterocycles. The van der Waals surface area contributed by atoms with E-state index in [0.29, 0.717) is 13.0 Å². The lowest BCUT2D eigenvalue weighted by Gasteiger charge is -2.37. The van der Waals surface area contributed by atoms with Crippen molar-refractivity contribution >= 4 is 17.5 Å². The quantitative estimate of drug-likeness (QED) is 0.808. The molecule has 3 unspecified atom stereocenters. The molecule has 3 atom stereocenters. The van der Waals surface area contributed by atoms with Crippen molar-refractivity contribution in [1.82, 2.24) is 14.9 Å². The highest BCUT2D eigenvalue weighted by Gasteiger charge is 2.47. The van der Waals surface area contributed by atoms with Gasteiger partial charge in [0.15, 0.2) is 0 Å². The van der Waals surface area contributed by atoms with E-state index < -0.39 is 0 Å². The molecule has 3 aliphatic heterocycles. The molecule has 0 N–H and O–H groups in total. The van der Waals surface area contributed by atoms with Crippen LogP contribution < -0.4 is 4.90 Å². The number of rotatable bonds is 2. The van der Waals surface area contributed by atoms with E-state index in [9.17, 15) is 9.59 Å². The van der Waals surface area contributed by atoms with Crippen molar-refractivity contribution in [2.75, 3.05) is 11.4 Å². The number of amides is 2. The van der Waals surface area contributed by atoms with Crippen molar-refractivity contribution < 1.29 is 9.59 Å². The van der Waals surface area contributed by atoms with Crippen LogP contribution in [0.25, 0.3) is 0 Å². The molecule has 5 rings (SSSR count). The summed E-state index contributed by atoms with van der Waals surface area (Å²) in [5.74, 6) is -0.125. The Morgan fingerprint density at radius 3 is 2.82 bits per heavy atom. The van der Waals surface area contributed by atoms with E-state index in [4.69, 9.17) is 0 Å². The van der Waals surface area contributed by atoms with E-state index >= 15 is 0 Å². The topological polar surface area (TPSA) is 66.4 Å². The summed E-state index contributed by atoms with van der Waals surface area (Å²) in [6.45, 7) is 4.58. The smallest absolute Gasteiger partial charge is 0.228 e. The Labute approximate surface area is 164 Å². The fourth-order valence-corrected chi connectivity index (χ4v) is 4.99. The Morgan fingerprint density at radius 2 is 2.00 bits per heavy atom. The van der Waals surface area contributed by atoms with Gasteiger partial charge in [-0.25, -0.2) is 9.97 Å². The molecule has 6 nitrogen and oxygen atoms in total. The second kappa shape index (κ2) is 6.40. The highest BCUT2D eigenvalue weighted by atomic mass is 16.2. The van der Waals surface area contributed by atoms with Crippen molar-refractivity contribution in [1.29, 1.82) is 0 Å². The summed E-state index contributed by atoms with van der Waals surface area (Å²) in [4.78, 5) is 38.5. The van der Waals surface area contributed by atoms with Crippen molar-refractivity contribution in [3.05, 3.63) is 53.1 Å². The molecule has 28 heavy (non-hydrogen) atoms. The molecule has 2 aromatic rings. The highest BCUT2D eigenvalue weighted by Crippen LogP contribution is 2.44. The summed E-state index contributed by atoms with van der Waals surface area (Å²) < 4.78 is 0. The van der Waals surface area contributed by atoms with Crippen molar-refractivity contribution in [3.63, 3.8) is 0 Å². The van der Waals surface area contributed by atoms with Gasteiger partial charge in [0, 0.05) is 42.9 Å². The zero-order chi connectivity index (χ0) is 19.4. The molecular weight excluding hydrogens is 352 g/mol. The molecule has 0 spiro atoms. The SMILES string of the molecule is Cc1ccc(N2CC(C(=O)N3C4CCC3c3cncnc3C4)CC2=O)cc1C. The normalized spacial score (nSPS) is 25.9. The van der Waals surface area contributed by atoms with Gasteiger partial charge in [0.25, 0.3) is 0 Å². The van der Waals surface area contributed by atoms with Crippen LogP contribution in [-0.2, 0) is 16.0 Å². The van der Waals surface area contributed by atoms with Gasteiger partial charge < -0.3 is 9.80 Å². The first-order valence-electron chi connectivity index (χ1n) is 10.0. The second-order valence-electron chi connectivity index (χ2n) is 8.30. The molecule has 2 amide bonds. The van der Waals surface area contributed by atoms with E-state index in [-0.39, 0.29) is 29.8 Å². The van der Waals surface area contributed by atoms with E-state index in [2.05, 4.69) is 16.9 Å². The van der Waals surface area contributed by atoms with Gasteiger partial charge in [0.05, 0.1) is 17.7 Å². The fraction of sp³-hybridized carbons (Fsp3) is 0.455. The minimum atomic E-state index is -0.275. The first kappa shape index (κ1) is 17.3. The van der Waals surface area contributed by atoms with Crippen LogP contribution in [0.1, 0.15) is 47.7 Å². The van der Waals surface area contributed by atoms with Gasteiger partial charge in [-0.2, -0.15) is 0 Å². The maximum absolute atomic E-state index is 13.4. The zero-order valence-corrected chi connectivity index (χ0v) is 16.3. The molecule has 144 valence electrons. The molecule has 0 saturated carbocycles. The number of carbonyl (C=O) groups is 2. The summed E-state index contributed by atoms with van der Waals surface area (Å²) in [5, 5.41) is 0. The number of benzene rings is 1. The number of fused-ring (bicyclic) bond motifs is 4. The summed E-state index contributed by atoms with van der Waals surface area (Å²) >= 11 is 0. The molecule has 1 aromatic carbocycles. The zero-order valence-electron chi connectivity index (χ0n) is 16.3. The highest BCUT2D eigenvalue weighted by molar-refractivity contribution is 6.00. The van der Waals surface area contributed by atoms with Crippen LogP contribution in [0.15, 0.2) is 30.7 Å². The minimum absolute atomic E-state index is 0.0368. The maximum Gasteiger partial charge on any atom is 0.228 e. The number of hydrogen-bond donors (Lipinski definition) is 0. The van der Waals surface area contributed by atoms with Crippen molar-refractivity contribution in [2.24, 2.45) is 5.92 Å². The van der Waals surface area contributed by atoms with Gasteiger partial charge in [0.2, 0.25) is 11.8 Å². The van der Waals surface area contributed by atoms with Gasteiger partial charge in [-0.15, -0.1) is 0 Å². The van der Waals surface area contributed by atoms with Gasteiger partial charge in [0.1, 0.15) is 6.33 Å². The van der Waals surface area contributed by atoms with Crippen LogP contribution >= 0.6 is 0 Å². The number of aryl methyl sites for hydroxylation is 2. The van der Waals surface area contributed by atoms with E-state index in [1.165, 1.54) is 5.56 Å². The Morgan fingerprint density at radius 1 is 1.14 bits per heavy atom. The predicted molar refractivity (Wildman–Crippen MR) is 105 cm³/mol. The van der Waals surface area contributed by atoms with E-state index in [0.717, 1.165) is 41.8 Å². The first-order valence-corrected chi connectivity index (χ1v) is 10.0. The fourth-order valence-electron chi connectivity index (χ4n) is 4.99. The molecule has 1 aromatic heterocycles. The first-order chi connectivity index (χ1) is 13.5. The lowest BCUT2D eigenvalue weighted by Crippen LogP contribution is -2.45. The van der Waals surface area contributed by atoms with Gasteiger partial charge in [-0.3, -0.25) is 9.59 Å². The number of aromatic nitrogens is 2. The summed E-state index contributed by atoms with van der Waals surface area (Å²) in [6, 6.07) is 6.32. The molecular formula is C22H24N4O2. The summed E-state index contributed by atoms with van der Waals surface area (Å²) in [7, 11) is 0. The standard InChI is InChI=1S/C22H24N4O2/c1-13-3-4-16(7-14(13)2)25-11-15(8-21(25)27)22(28)26-17-5-6-20(26)18-10-23-12-24-19(18)9-17/h3-4,7,10,12,15,17,20H,5-6,8-9,11H2,1-2H3. The van der Waals surface area contributed by atoms with Crippen LogP contribution in [0, 0.1) is 19.8 Å². The van der Waals surface area contributed by atoms with Crippen molar-refractivity contribution in [3.8, 4) is 0 Å². The lowest BCUT2D eigenvalue weighted by atomic mass is 9.96. The van der Waals surface area contributed by atoms with Gasteiger partial charge in [-0.1, -0.05) is 6.07 Å². The molecule has 6 heteroatoms. The third-order valence-electron chi connectivity index (χ3n) is 6.65. The number of carbonyl (C=O) groups excluding carboxylic acids is 2. The molecule has 0 aliphatic carbocycles. The Bertz CT molecular complexity index is 973. The van der Waals surface area contributed by atoms with Crippen LogP contribution in [0.5, 0.6) is 0 Å². The van der Waals surface area contributed by atoms with Gasteiger partial charge in [-0.05, 0) is 49.9 Å². The van der Waals surface area contributed by atoms with Gasteiger partial charge >= 0.3 is 0 Å². The van der Waals surface area contributed by atoms with Crippen LogP contribution in [-0.4, -0.2) is 39.3 Å². The van der Waals surface area contributed by atoms with E-state index in [1.54, 1.807) is 11.2 Å². The lowest BCUT2D eigenvalue weighted by molar-refractivity contribution is -0.139. The van der Waals surface area contributed by atoms with Crippen molar-refractivity contribution in [2.45, 2.75) is 51.6 Å². The third-order valence-corrected chi connectivity index (χ3v) is 6.65. The monoisotopic (exact) mass is 376 g/mol. The largest absolute Gasteiger partial charge is 0.332 e. The second-order valence-corrected chi connectivity index (χ2v) is 8.30. The van der Waals surface area contributed by atoms with Crippen LogP contribution in [0.3, 0.4) is 0 Å². The molecule has 2 fully saturated rings. The third kappa shape index (κ3) is 2.62. The Kier molecular flexibility index (Phi) is 3.96. The maximum atomic E-state index is 13.4. The number of nitrogens with zero attached hydrogens (tertiary/aromatic N) is 4. The summed E-state index contributed by atoms with van der Waals surface area (Å²) in [6.07, 6.45) is 6.48.